The van der Waals surface area contributed by atoms with Gasteiger partial charge in [-0.2, -0.15) is 15.3 Å². The summed E-state index contributed by atoms with van der Waals surface area (Å²) in [5.74, 6) is 1.15. The molecule has 40 heavy (non-hydrogen) atoms. The quantitative estimate of drug-likeness (QED) is 0.369. The Balaban J connectivity index is 1.23. The second-order valence-electron chi connectivity index (χ2n) is 11.5. The van der Waals surface area contributed by atoms with Crippen molar-refractivity contribution in [1.29, 1.82) is 0 Å². The SMILES string of the molecule is CC(C)(C)OC(=O)ON1CC=C(Cl)C=c2[nH]c3c(c21)CN=NC=3[C@H]1CC[C@H](Oc2ccc3ccccc3c2)CC1. The summed E-state index contributed by atoms with van der Waals surface area (Å²) < 4.78 is 11.8. The van der Waals surface area contributed by atoms with Crippen LogP contribution in [0.2, 0.25) is 0 Å². The Morgan fingerprint density at radius 2 is 1.85 bits per heavy atom. The average molecular weight is 561 g/mol. The van der Waals surface area contributed by atoms with Gasteiger partial charge in [-0.05, 0) is 81.5 Å². The molecule has 1 aromatic heterocycles. The van der Waals surface area contributed by atoms with Gasteiger partial charge in [0.25, 0.3) is 0 Å². The van der Waals surface area contributed by atoms with Crippen molar-refractivity contribution >= 4 is 46.0 Å². The number of carbonyl (C=O) groups excluding carboxylic acids is 1. The first kappa shape index (κ1) is 26.4. The summed E-state index contributed by atoms with van der Waals surface area (Å²) in [5, 5.41) is 15.2. The zero-order valence-corrected chi connectivity index (χ0v) is 23.7. The maximum Gasteiger partial charge on any atom is 0.533 e. The molecule has 9 heteroatoms. The zero-order valence-electron chi connectivity index (χ0n) is 22.9. The monoisotopic (exact) mass is 560 g/mol. The number of anilines is 1. The van der Waals surface area contributed by atoms with E-state index in [1.807, 2.05) is 18.2 Å². The zero-order chi connectivity index (χ0) is 27.9. The molecule has 0 saturated heterocycles. The number of nitrogens with one attached hydrogen (secondary N) is 1. The minimum atomic E-state index is -0.772. The average Bonchev–Trinajstić information content (AvgIpc) is 3.20. The van der Waals surface area contributed by atoms with Gasteiger partial charge in [0, 0.05) is 16.5 Å². The molecule has 0 radical (unpaired) electrons. The van der Waals surface area contributed by atoms with E-state index in [1.165, 1.54) is 15.8 Å². The highest BCUT2D eigenvalue weighted by atomic mass is 35.5. The first-order valence-corrected chi connectivity index (χ1v) is 14.2. The molecular weight excluding hydrogens is 528 g/mol. The van der Waals surface area contributed by atoms with Gasteiger partial charge in [0.05, 0.1) is 35.6 Å². The van der Waals surface area contributed by atoms with Crippen LogP contribution < -0.4 is 20.5 Å². The number of hydrogen-bond acceptors (Lipinski definition) is 7. The van der Waals surface area contributed by atoms with Gasteiger partial charge in [0.1, 0.15) is 17.0 Å². The molecule has 0 amide bonds. The molecule has 2 aromatic carbocycles. The molecule has 0 unspecified atom stereocenters. The van der Waals surface area contributed by atoms with E-state index in [2.05, 4.69) is 45.5 Å². The van der Waals surface area contributed by atoms with Crippen molar-refractivity contribution in [3.8, 4) is 5.75 Å². The van der Waals surface area contributed by atoms with Crippen molar-refractivity contribution < 1.29 is 19.1 Å². The van der Waals surface area contributed by atoms with Crippen LogP contribution in [-0.2, 0) is 16.1 Å². The number of allylic oxidation sites excluding steroid dienone is 1. The van der Waals surface area contributed by atoms with Crippen molar-refractivity contribution in [1.82, 2.24) is 4.98 Å². The Morgan fingerprint density at radius 1 is 1.07 bits per heavy atom. The Hall–Kier alpha value is -3.78. The maximum absolute atomic E-state index is 12.5. The Kier molecular flexibility index (Phi) is 7.04. The van der Waals surface area contributed by atoms with Gasteiger partial charge < -0.3 is 19.3 Å². The van der Waals surface area contributed by atoms with Gasteiger partial charge in [-0.15, -0.1) is 0 Å². The highest BCUT2D eigenvalue weighted by Crippen LogP contribution is 2.35. The predicted octanol–water partition coefficient (Wildman–Crippen LogP) is 6.47. The van der Waals surface area contributed by atoms with E-state index in [-0.39, 0.29) is 18.6 Å². The van der Waals surface area contributed by atoms with Crippen LogP contribution in [0.5, 0.6) is 5.75 Å². The van der Waals surface area contributed by atoms with Gasteiger partial charge >= 0.3 is 6.16 Å². The molecule has 1 aliphatic carbocycles. The number of H-pyrrole nitrogens is 1. The van der Waals surface area contributed by atoms with Gasteiger partial charge in [0.15, 0.2) is 0 Å². The fourth-order valence-corrected chi connectivity index (χ4v) is 5.80. The van der Waals surface area contributed by atoms with E-state index in [0.29, 0.717) is 11.6 Å². The fraction of sp³-hybridized carbons (Fsp3) is 0.387. The van der Waals surface area contributed by atoms with Crippen molar-refractivity contribution in [3.63, 3.8) is 0 Å². The molecule has 1 N–H and O–H groups in total. The van der Waals surface area contributed by atoms with Gasteiger partial charge in [-0.25, -0.2) is 4.79 Å². The summed E-state index contributed by atoms with van der Waals surface area (Å²) in [5.41, 5.74) is 1.94. The Labute approximate surface area is 237 Å². The van der Waals surface area contributed by atoms with Crippen molar-refractivity contribution in [2.24, 2.45) is 16.1 Å². The van der Waals surface area contributed by atoms with Crippen LogP contribution in [0.4, 0.5) is 10.5 Å². The van der Waals surface area contributed by atoms with E-state index in [0.717, 1.165) is 59.1 Å². The summed E-state index contributed by atoms with van der Waals surface area (Å²) in [4.78, 5) is 21.7. The number of hydroxylamine groups is 1. The summed E-state index contributed by atoms with van der Waals surface area (Å²) in [6, 6.07) is 14.6. The lowest BCUT2D eigenvalue weighted by molar-refractivity contribution is -0.0116. The van der Waals surface area contributed by atoms with Crippen LogP contribution in [0.1, 0.15) is 52.0 Å². The maximum atomic E-state index is 12.5. The van der Waals surface area contributed by atoms with Gasteiger partial charge in [0.2, 0.25) is 0 Å². The second-order valence-corrected chi connectivity index (χ2v) is 11.9. The summed E-state index contributed by atoms with van der Waals surface area (Å²) in [7, 11) is 0. The number of hydrogen-bond donors (Lipinski definition) is 1. The topological polar surface area (TPSA) is 88.5 Å². The van der Waals surface area contributed by atoms with Crippen LogP contribution in [0.3, 0.4) is 0 Å². The van der Waals surface area contributed by atoms with E-state index >= 15 is 0 Å². The smallest absolute Gasteiger partial charge is 0.490 e. The molecule has 1 fully saturated rings. The highest BCUT2D eigenvalue weighted by Gasteiger charge is 2.31. The number of azo groups is 1. The first-order chi connectivity index (χ1) is 19.2. The number of nitrogens with zero attached hydrogens (tertiary/aromatic N) is 3. The molecule has 0 spiro atoms. The van der Waals surface area contributed by atoms with Gasteiger partial charge in [-0.3, -0.25) is 0 Å². The third-order valence-electron chi connectivity index (χ3n) is 7.41. The molecule has 0 bridgehead atoms. The fourth-order valence-electron chi connectivity index (χ4n) is 5.62. The molecule has 2 aliphatic heterocycles. The van der Waals surface area contributed by atoms with Crippen LogP contribution in [0, 0.1) is 5.92 Å². The molecular formula is C31H33ClN4O4. The van der Waals surface area contributed by atoms with E-state index in [4.69, 9.17) is 25.9 Å². The molecule has 6 rings (SSSR count). The summed E-state index contributed by atoms with van der Waals surface area (Å²) >= 11 is 6.44. The molecule has 3 aromatic rings. The van der Waals surface area contributed by atoms with Crippen molar-refractivity contribution in [2.45, 2.75) is 64.7 Å². The normalized spacial score (nSPS) is 20.6. The molecule has 1 saturated carbocycles. The van der Waals surface area contributed by atoms with E-state index in [9.17, 15) is 4.79 Å². The van der Waals surface area contributed by atoms with Crippen molar-refractivity contribution in [2.75, 3.05) is 11.6 Å². The molecule has 0 atom stereocenters. The predicted molar refractivity (Wildman–Crippen MR) is 155 cm³/mol. The number of aromatic nitrogens is 1. The second kappa shape index (κ2) is 10.7. The molecule has 8 nitrogen and oxygen atoms in total. The van der Waals surface area contributed by atoms with Gasteiger partial charge in [-0.1, -0.05) is 41.9 Å². The number of fused-ring (bicyclic) bond motifs is 4. The lowest BCUT2D eigenvalue weighted by Gasteiger charge is -2.29. The van der Waals surface area contributed by atoms with Crippen LogP contribution in [0.25, 0.3) is 22.5 Å². The third-order valence-corrected chi connectivity index (χ3v) is 7.67. The summed E-state index contributed by atoms with van der Waals surface area (Å²) in [6.45, 7) is 6.07. The minimum Gasteiger partial charge on any atom is -0.490 e. The molecule has 208 valence electrons. The van der Waals surface area contributed by atoms with Crippen LogP contribution in [-0.4, -0.2) is 29.4 Å². The molecule has 3 aliphatic rings. The minimum absolute atomic E-state index is 0.161. The number of benzene rings is 2. The number of aromatic amines is 1. The number of ether oxygens (including phenoxy) is 2. The third kappa shape index (κ3) is 5.59. The first-order valence-electron chi connectivity index (χ1n) is 13.8. The largest absolute Gasteiger partial charge is 0.533 e. The van der Waals surface area contributed by atoms with Crippen molar-refractivity contribution in [3.05, 3.63) is 69.8 Å². The Bertz CT molecular complexity index is 1630. The number of carbonyl (C=O) groups is 1. The lowest BCUT2D eigenvalue weighted by atomic mass is 9.84. The number of halogens is 1. The number of rotatable bonds is 4. The van der Waals surface area contributed by atoms with Crippen LogP contribution >= 0.6 is 11.6 Å². The summed E-state index contributed by atoms with van der Waals surface area (Å²) in [6.07, 6.45) is 6.77. The van der Waals surface area contributed by atoms with E-state index in [1.54, 1.807) is 26.8 Å². The standard InChI is InChI=1S/C31H33ClN4O4/c1-31(2,3)39-30(37)40-36-15-14-22(32)17-26-29(36)25-18-33-35-27(28(25)34-26)20-9-11-23(12-10-20)38-24-13-8-19-6-4-5-7-21(19)16-24/h4-8,13-14,16-17,20,23,34H,9-12,15,18H2,1-3H3/t20-,23-. The van der Waals surface area contributed by atoms with E-state index < -0.39 is 11.8 Å². The lowest BCUT2D eigenvalue weighted by Crippen LogP contribution is -2.34. The Morgan fingerprint density at radius 3 is 2.62 bits per heavy atom. The van der Waals surface area contributed by atoms with Crippen LogP contribution in [0.15, 0.2) is 63.8 Å². The highest BCUT2D eigenvalue weighted by molar-refractivity contribution is 6.34. The molecule has 3 heterocycles.